The van der Waals surface area contributed by atoms with Crippen molar-refractivity contribution in [1.29, 1.82) is 0 Å². The molecule has 5 nitrogen and oxygen atoms in total. The van der Waals surface area contributed by atoms with E-state index in [2.05, 4.69) is 5.32 Å². The van der Waals surface area contributed by atoms with Crippen LogP contribution in [0.25, 0.3) is 17.4 Å². The van der Waals surface area contributed by atoms with Gasteiger partial charge in [0.2, 0.25) is 0 Å². The minimum Gasteiger partial charge on any atom is -0.457 e. The van der Waals surface area contributed by atoms with Gasteiger partial charge in [0.05, 0.1) is 4.91 Å². The van der Waals surface area contributed by atoms with Crippen molar-refractivity contribution in [1.82, 2.24) is 5.32 Å². The number of furan rings is 1. The average molecular weight is 363 g/mol. The van der Waals surface area contributed by atoms with Gasteiger partial charge in [-0.25, -0.2) is 5.21 Å². The zero-order valence-corrected chi connectivity index (χ0v) is 15.3. The zero-order chi connectivity index (χ0) is 17.7. The first kappa shape index (κ1) is 18.4. The number of nitrogens with two attached hydrogens (primary N) is 1. The Balaban J connectivity index is 0.00000100. The number of aryl methyl sites for hydroxylation is 1. The minimum absolute atomic E-state index is 0.202. The summed E-state index contributed by atoms with van der Waals surface area (Å²) in [5.41, 5.74) is 3.73. The van der Waals surface area contributed by atoms with Crippen LogP contribution in [0, 0.1) is 6.92 Å². The zero-order valence-electron chi connectivity index (χ0n) is 13.6. The van der Waals surface area contributed by atoms with Gasteiger partial charge in [-0.2, -0.15) is 5.48 Å². The second-order valence-corrected chi connectivity index (χ2v) is 6.48. The van der Waals surface area contributed by atoms with E-state index in [0.29, 0.717) is 20.7 Å². The number of amides is 1. The van der Waals surface area contributed by atoms with Crippen molar-refractivity contribution in [2.75, 3.05) is 0 Å². The van der Waals surface area contributed by atoms with Crippen LogP contribution in [-0.2, 0) is 4.79 Å². The second kappa shape index (κ2) is 8.25. The van der Waals surface area contributed by atoms with E-state index in [4.69, 9.17) is 21.8 Å². The van der Waals surface area contributed by atoms with Gasteiger partial charge < -0.3 is 9.73 Å². The molecule has 4 N–H and O–H groups in total. The summed E-state index contributed by atoms with van der Waals surface area (Å²) in [5.74, 6) is 1.10. The Kier molecular flexibility index (Phi) is 6.33. The number of carbonyl (C=O) groups is 1. The molecule has 1 fully saturated rings. The van der Waals surface area contributed by atoms with Crippen molar-refractivity contribution in [3.63, 3.8) is 0 Å². The van der Waals surface area contributed by atoms with E-state index in [1.807, 2.05) is 51.1 Å². The lowest BCUT2D eigenvalue weighted by atomic mass is 10.1. The molecule has 0 bridgehead atoms. The molecule has 0 aliphatic carbocycles. The van der Waals surface area contributed by atoms with Crippen LogP contribution in [0.1, 0.15) is 25.2 Å². The Labute approximate surface area is 150 Å². The van der Waals surface area contributed by atoms with Crippen LogP contribution < -0.4 is 10.8 Å². The van der Waals surface area contributed by atoms with E-state index in [9.17, 15) is 4.79 Å². The monoisotopic (exact) mass is 363 g/mol. The number of hydrogen-bond acceptors (Lipinski definition) is 5. The largest absolute Gasteiger partial charge is 0.457 e. The first-order valence-electron chi connectivity index (χ1n) is 7.50. The van der Waals surface area contributed by atoms with Crippen molar-refractivity contribution in [2.45, 2.75) is 20.8 Å². The topological polar surface area (TPSA) is 79.1 Å². The van der Waals surface area contributed by atoms with Crippen LogP contribution in [0.4, 0.5) is 5.69 Å². The fourth-order valence-corrected chi connectivity index (χ4v) is 3.19. The van der Waals surface area contributed by atoms with Gasteiger partial charge in [0.1, 0.15) is 15.8 Å². The van der Waals surface area contributed by atoms with Crippen LogP contribution in [0.15, 0.2) is 39.7 Å². The first-order chi connectivity index (χ1) is 11.6. The van der Waals surface area contributed by atoms with Crippen molar-refractivity contribution in [3.05, 3.63) is 46.6 Å². The Morgan fingerprint density at radius 3 is 2.62 bits per heavy atom. The number of nitrogens with one attached hydrogen (secondary N) is 1. The highest BCUT2D eigenvalue weighted by atomic mass is 32.2. The minimum atomic E-state index is -0.202. The number of carbonyl (C=O) groups excluding carboxylic acids is 1. The molecule has 1 aliphatic rings. The molecule has 24 heavy (non-hydrogen) atoms. The first-order valence-corrected chi connectivity index (χ1v) is 8.72. The number of quaternary nitrogens is 1. The van der Waals surface area contributed by atoms with E-state index in [1.165, 1.54) is 11.8 Å². The quantitative estimate of drug-likeness (QED) is 0.337. The lowest BCUT2D eigenvalue weighted by Gasteiger charge is -2.02. The highest BCUT2D eigenvalue weighted by Crippen LogP contribution is 2.30. The van der Waals surface area contributed by atoms with Gasteiger partial charge in [-0.15, -0.1) is 0 Å². The van der Waals surface area contributed by atoms with Crippen molar-refractivity contribution >= 4 is 46.0 Å². The Morgan fingerprint density at radius 1 is 1.29 bits per heavy atom. The summed E-state index contributed by atoms with van der Waals surface area (Å²) in [4.78, 5) is 12.2. The van der Waals surface area contributed by atoms with Gasteiger partial charge in [0.15, 0.2) is 5.69 Å². The van der Waals surface area contributed by atoms with Gasteiger partial charge >= 0.3 is 0 Å². The van der Waals surface area contributed by atoms with E-state index < -0.39 is 0 Å². The SMILES string of the molecule is CC.Cc1cc([NH2+]O)ccc1-c1ccc(/C=C2\SC(=S)NC2=O)o1. The number of benzene rings is 1. The summed E-state index contributed by atoms with van der Waals surface area (Å²) >= 11 is 6.17. The summed E-state index contributed by atoms with van der Waals surface area (Å²) in [6, 6.07) is 9.23. The van der Waals surface area contributed by atoms with Gasteiger partial charge in [-0.1, -0.05) is 37.8 Å². The van der Waals surface area contributed by atoms with E-state index in [1.54, 1.807) is 6.08 Å². The number of hydrogen-bond donors (Lipinski definition) is 3. The fraction of sp³-hybridized carbons (Fsp3) is 0.176. The predicted octanol–water partition coefficient (Wildman–Crippen LogP) is 3.35. The molecule has 0 saturated carbocycles. The molecule has 1 aliphatic heterocycles. The summed E-state index contributed by atoms with van der Waals surface area (Å²) in [5, 5.41) is 11.6. The Hall–Kier alpha value is -1.93. The maximum Gasteiger partial charge on any atom is 0.263 e. The number of thiocarbonyl (C=S) groups is 1. The molecule has 1 aromatic carbocycles. The summed E-state index contributed by atoms with van der Waals surface area (Å²) in [7, 11) is 0. The summed E-state index contributed by atoms with van der Waals surface area (Å²) in [6.07, 6.45) is 1.67. The van der Waals surface area contributed by atoms with Crippen LogP contribution in [0.5, 0.6) is 0 Å². The molecule has 2 heterocycles. The molecule has 3 rings (SSSR count). The van der Waals surface area contributed by atoms with Gasteiger partial charge in [0, 0.05) is 23.8 Å². The third-order valence-corrected chi connectivity index (χ3v) is 4.37. The van der Waals surface area contributed by atoms with E-state index >= 15 is 0 Å². The van der Waals surface area contributed by atoms with Crippen LogP contribution in [0.3, 0.4) is 0 Å². The molecule has 0 spiro atoms. The molecular weight excluding hydrogens is 344 g/mol. The lowest BCUT2D eigenvalue weighted by Crippen LogP contribution is -2.73. The maximum absolute atomic E-state index is 11.6. The van der Waals surface area contributed by atoms with Crippen molar-refractivity contribution < 1.29 is 19.9 Å². The molecule has 0 radical (unpaired) electrons. The van der Waals surface area contributed by atoms with Crippen LogP contribution >= 0.6 is 24.0 Å². The molecule has 7 heteroatoms. The van der Waals surface area contributed by atoms with E-state index in [0.717, 1.165) is 22.3 Å². The van der Waals surface area contributed by atoms with Crippen LogP contribution in [0.2, 0.25) is 0 Å². The standard InChI is InChI=1S/C15H12N2O3S2.C2H6/c1-8-6-9(17-19)2-4-11(8)12-5-3-10(20-12)7-13-14(18)16-15(21)22-13;1-2/h2-7,17,19H,1H3,(H,16,18,21);1-2H3/p+1/b13-7-;. The van der Waals surface area contributed by atoms with Gasteiger partial charge in [-0.05, 0) is 30.7 Å². The molecule has 1 saturated heterocycles. The molecule has 1 amide bonds. The van der Waals surface area contributed by atoms with Crippen LogP contribution in [-0.4, -0.2) is 15.4 Å². The molecule has 126 valence electrons. The third-order valence-electron chi connectivity index (χ3n) is 3.21. The predicted molar refractivity (Wildman–Crippen MR) is 99.9 cm³/mol. The van der Waals surface area contributed by atoms with Crippen molar-refractivity contribution in [3.8, 4) is 11.3 Å². The molecule has 0 atom stereocenters. The molecule has 2 aromatic rings. The average Bonchev–Trinajstić information content (AvgIpc) is 3.16. The van der Waals surface area contributed by atoms with Gasteiger partial charge in [0.25, 0.3) is 5.91 Å². The molecule has 1 aromatic heterocycles. The third kappa shape index (κ3) is 4.12. The lowest BCUT2D eigenvalue weighted by molar-refractivity contribution is -0.825. The number of rotatable bonds is 3. The molecular formula is C17H19N2O3S2+. The van der Waals surface area contributed by atoms with Crippen molar-refractivity contribution in [2.24, 2.45) is 0 Å². The fourth-order valence-electron chi connectivity index (χ4n) is 2.17. The Morgan fingerprint density at radius 2 is 2.04 bits per heavy atom. The summed E-state index contributed by atoms with van der Waals surface area (Å²) in [6.45, 7) is 5.95. The Bertz CT molecular complexity index is 797. The van der Waals surface area contributed by atoms with E-state index in [-0.39, 0.29) is 5.91 Å². The van der Waals surface area contributed by atoms with Gasteiger partial charge in [-0.3, -0.25) is 4.79 Å². The second-order valence-electron chi connectivity index (χ2n) is 4.76. The number of thioether (sulfide) groups is 1. The normalized spacial score (nSPS) is 15.2. The highest BCUT2D eigenvalue weighted by Gasteiger charge is 2.22. The smallest absolute Gasteiger partial charge is 0.263 e. The highest BCUT2D eigenvalue weighted by molar-refractivity contribution is 8.26. The maximum atomic E-state index is 11.6. The summed E-state index contributed by atoms with van der Waals surface area (Å²) < 4.78 is 6.24. The molecule has 0 unspecified atom stereocenters.